The average molecular weight is 331 g/mol. The summed E-state index contributed by atoms with van der Waals surface area (Å²) >= 11 is 8.97. The maximum atomic E-state index is 13.4. The highest BCUT2D eigenvalue weighted by atomic mass is 79.9. The quantitative estimate of drug-likeness (QED) is 0.887. The molecule has 0 unspecified atom stereocenters. The smallest absolute Gasteiger partial charge is 0.156 e. The predicted molar refractivity (Wildman–Crippen MR) is 73.9 cm³/mol. The summed E-state index contributed by atoms with van der Waals surface area (Å²) in [6, 6.07) is 4.76. The topological polar surface area (TPSA) is 37.8 Å². The van der Waals surface area contributed by atoms with Crippen molar-refractivity contribution in [3.05, 3.63) is 44.8 Å². The van der Waals surface area contributed by atoms with E-state index in [4.69, 9.17) is 11.6 Å². The third-order valence-corrected chi connectivity index (χ3v) is 3.65. The second-order valence-electron chi connectivity index (χ2n) is 3.84. The van der Waals surface area contributed by atoms with Gasteiger partial charge in [-0.2, -0.15) is 0 Å². The van der Waals surface area contributed by atoms with E-state index in [1.807, 2.05) is 13.8 Å². The minimum Gasteiger partial charge on any atom is -0.338 e. The molecular weight excluding hydrogens is 321 g/mol. The highest BCUT2D eigenvalue weighted by Crippen LogP contribution is 2.25. The van der Waals surface area contributed by atoms with Gasteiger partial charge >= 0.3 is 0 Å². The SMILES string of the molecule is Cc1c(Cl)nnc(Nc2ccc(Br)c(F)c2)c1C. The highest BCUT2D eigenvalue weighted by molar-refractivity contribution is 9.10. The number of benzene rings is 1. The summed E-state index contributed by atoms with van der Waals surface area (Å²) in [5.41, 5.74) is 2.35. The maximum Gasteiger partial charge on any atom is 0.156 e. The van der Waals surface area contributed by atoms with Crippen molar-refractivity contribution >= 4 is 39.0 Å². The van der Waals surface area contributed by atoms with Crippen LogP contribution in [0.3, 0.4) is 0 Å². The molecule has 1 aromatic carbocycles. The molecule has 2 rings (SSSR count). The minimum atomic E-state index is -0.337. The second kappa shape index (κ2) is 5.20. The maximum absolute atomic E-state index is 13.4. The molecule has 1 aromatic heterocycles. The van der Waals surface area contributed by atoms with Gasteiger partial charge in [-0.05, 0) is 59.1 Å². The lowest BCUT2D eigenvalue weighted by molar-refractivity contribution is 0.622. The molecule has 94 valence electrons. The lowest BCUT2D eigenvalue weighted by atomic mass is 10.2. The summed E-state index contributed by atoms with van der Waals surface area (Å²) in [5, 5.41) is 11.2. The Hall–Kier alpha value is -1.20. The van der Waals surface area contributed by atoms with Gasteiger partial charge in [0, 0.05) is 5.69 Å². The molecule has 0 aliphatic heterocycles. The van der Waals surface area contributed by atoms with E-state index in [1.165, 1.54) is 6.07 Å². The Kier molecular flexibility index (Phi) is 3.82. The van der Waals surface area contributed by atoms with Crippen LogP contribution in [0.25, 0.3) is 0 Å². The minimum absolute atomic E-state index is 0.337. The van der Waals surface area contributed by atoms with E-state index in [9.17, 15) is 4.39 Å². The van der Waals surface area contributed by atoms with Crippen molar-refractivity contribution in [1.82, 2.24) is 10.2 Å². The summed E-state index contributed by atoms with van der Waals surface area (Å²) < 4.78 is 13.8. The fourth-order valence-electron chi connectivity index (χ4n) is 1.41. The Morgan fingerprint density at radius 2 is 1.94 bits per heavy atom. The number of anilines is 2. The Balaban J connectivity index is 2.34. The van der Waals surface area contributed by atoms with Crippen LogP contribution in [0.5, 0.6) is 0 Å². The van der Waals surface area contributed by atoms with Crippen LogP contribution < -0.4 is 5.32 Å². The lowest BCUT2D eigenvalue weighted by Gasteiger charge is -2.10. The predicted octanol–water partition coefficient (Wildman–Crippen LogP) is 4.39. The van der Waals surface area contributed by atoms with Gasteiger partial charge in [0.15, 0.2) is 11.0 Å². The number of aromatic nitrogens is 2. The van der Waals surface area contributed by atoms with Crippen molar-refractivity contribution in [3.8, 4) is 0 Å². The van der Waals surface area contributed by atoms with Gasteiger partial charge in [0.1, 0.15) is 5.82 Å². The molecule has 1 N–H and O–H groups in total. The molecule has 2 aromatic rings. The third kappa shape index (κ3) is 2.62. The molecule has 18 heavy (non-hydrogen) atoms. The van der Waals surface area contributed by atoms with Crippen LogP contribution in [0.2, 0.25) is 5.15 Å². The van der Waals surface area contributed by atoms with Crippen LogP contribution in [0.1, 0.15) is 11.1 Å². The summed E-state index contributed by atoms with van der Waals surface area (Å²) in [5.74, 6) is 0.231. The van der Waals surface area contributed by atoms with Crippen LogP contribution in [0.4, 0.5) is 15.9 Å². The van der Waals surface area contributed by atoms with Crippen LogP contribution in [0, 0.1) is 19.7 Å². The summed E-state index contributed by atoms with van der Waals surface area (Å²) in [6.07, 6.45) is 0. The largest absolute Gasteiger partial charge is 0.338 e. The molecule has 3 nitrogen and oxygen atoms in total. The normalized spacial score (nSPS) is 10.5. The molecule has 0 fully saturated rings. The number of rotatable bonds is 2. The number of hydrogen-bond donors (Lipinski definition) is 1. The molecule has 0 atom stereocenters. The fourth-order valence-corrected chi connectivity index (χ4v) is 1.83. The van der Waals surface area contributed by atoms with Crippen LogP contribution >= 0.6 is 27.5 Å². The van der Waals surface area contributed by atoms with Gasteiger partial charge in [-0.1, -0.05) is 11.6 Å². The van der Waals surface area contributed by atoms with Crippen molar-refractivity contribution in [2.24, 2.45) is 0 Å². The third-order valence-electron chi connectivity index (χ3n) is 2.65. The number of hydrogen-bond acceptors (Lipinski definition) is 3. The molecule has 0 amide bonds. The van der Waals surface area contributed by atoms with Gasteiger partial charge in [-0.3, -0.25) is 0 Å². The molecule has 0 saturated carbocycles. The van der Waals surface area contributed by atoms with E-state index in [-0.39, 0.29) is 5.82 Å². The van der Waals surface area contributed by atoms with E-state index in [0.717, 1.165) is 11.1 Å². The first kappa shape index (κ1) is 13.2. The zero-order chi connectivity index (χ0) is 13.3. The summed E-state index contributed by atoms with van der Waals surface area (Å²) in [4.78, 5) is 0. The van der Waals surface area contributed by atoms with Crippen molar-refractivity contribution in [3.63, 3.8) is 0 Å². The van der Waals surface area contributed by atoms with Gasteiger partial charge in [0.2, 0.25) is 0 Å². The standard InChI is InChI=1S/C12H10BrClFN3/c1-6-7(2)12(18-17-11(6)14)16-8-3-4-9(13)10(15)5-8/h3-5H,1-2H3,(H,16,18). The molecule has 0 aliphatic carbocycles. The van der Waals surface area contributed by atoms with Crippen molar-refractivity contribution < 1.29 is 4.39 Å². The second-order valence-corrected chi connectivity index (χ2v) is 5.06. The number of halogens is 3. The van der Waals surface area contributed by atoms with E-state index >= 15 is 0 Å². The first-order chi connectivity index (χ1) is 8.49. The molecule has 6 heteroatoms. The molecule has 1 heterocycles. The molecular formula is C12H10BrClFN3. The summed E-state index contributed by atoms with van der Waals surface area (Å²) in [7, 11) is 0. The molecule has 0 saturated heterocycles. The molecule has 0 spiro atoms. The first-order valence-corrected chi connectivity index (χ1v) is 6.37. The van der Waals surface area contributed by atoms with Crippen LogP contribution in [0.15, 0.2) is 22.7 Å². The van der Waals surface area contributed by atoms with Crippen LogP contribution in [-0.2, 0) is 0 Å². The number of nitrogens with one attached hydrogen (secondary N) is 1. The zero-order valence-corrected chi connectivity index (χ0v) is 12.1. The highest BCUT2D eigenvalue weighted by Gasteiger charge is 2.09. The molecule has 0 bridgehead atoms. The lowest BCUT2D eigenvalue weighted by Crippen LogP contribution is -2.01. The Bertz CT molecular complexity index is 604. The van der Waals surface area contributed by atoms with Gasteiger partial charge in [-0.15, -0.1) is 10.2 Å². The number of nitrogens with zero attached hydrogens (tertiary/aromatic N) is 2. The Morgan fingerprint density at radius 3 is 2.61 bits per heavy atom. The average Bonchev–Trinajstić information content (AvgIpc) is 2.34. The zero-order valence-electron chi connectivity index (χ0n) is 9.76. The monoisotopic (exact) mass is 329 g/mol. The Labute approximate surface area is 118 Å². The molecule has 0 aliphatic rings. The van der Waals surface area contributed by atoms with Crippen molar-refractivity contribution in [2.75, 3.05) is 5.32 Å². The van der Waals surface area contributed by atoms with E-state index in [0.29, 0.717) is 21.1 Å². The fraction of sp³-hybridized carbons (Fsp3) is 0.167. The van der Waals surface area contributed by atoms with Gasteiger partial charge in [0.05, 0.1) is 4.47 Å². The van der Waals surface area contributed by atoms with Gasteiger partial charge in [-0.25, -0.2) is 4.39 Å². The van der Waals surface area contributed by atoms with E-state index in [1.54, 1.807) is 12.1 Å². The van der Waals surface area contributed by atoms with Crippen molar-refractivity contribution in [1.29, 1.82) is 0 Å². The Morgan fingerprint density at radius 1 is 1.22 bits per heavy atom. The van der Waals surface area contributed by atoms with Gasteiger partial charge < -0.3 is 5.32 Å². The first-order valence-electron chi connectivity index (χ1n) is 5.20. The molecule has 0 radical (unpaired) electrons. The van der Waals surface area contributed by atoms with Crippen LogP contribution in [-0.4, -0.2) is 10.2 Å². The van der Waals surface area contributed by atoms with Gasteiger partial charge in [0.25, 0.3) is 0 Å². The van der Waals surface area contributed by atoms with E-state index in [2.05, 4.69) is 31.4 Å². The van der Waals surface area contributed by atoms with Crippen molar-refractivity contribution in [2.45, 2.75) is 13.8 Å². The summed E-state index contributed by atoms with van der Waals surface area (Å²) in [6.45, 7) is 3.74. The van der Waals surface area contributed by atoms with E-state index < -0.39 is 0 Å².